The SMILES string of the molecule is CCc1nn(C)c2c1nc(CCl)n2C1CCCCC1(C)C. The first kappa shape index (κ1) is 14.9. The van der Waals surface area contributed by atoms with E-state index in [0.717, 1.165) is 29.1 Å². The Morgan fingerprint density at radius 1 is 1.33 bits per heavy atom. The fourth-order valence-electron chi connectivity index (χ4n) is 3.86. The number of aryl methyl sites for hydroxylation is 2. The van der Waals surface area contributed by atoms with E-state index in [9.17, 15) is 0 Å². The van der Waals surface area contributed by atoms with Crippen LogP contribution in [0, 0.1) is 5.41 Å². The lowest BCUT2D eigenvalue weighted by Gasteiger charge is -2.40. The fourth-order valence-corrected chi connectivity index (χ4v) is 4.05. The number of hydrogen-bond acceptors (Lipinski definition) is 2. The highest BCUT2D eigenvalue weighted by atomic mass is 35.5. The summed E-state index contributed by atoms with van der Waals surface area (Å²) in [6.45, 7) is 6.88. The van der Waals surface area contributed by atoms with Crippen LogP contribution in [-0.4, -0.2) is 19.3 Å². The number of aromatic nitrogens is 4. The van der Waals surface area contributed by atoms with E-state index in [0.29, 0.717) is 11.9 Å². The van der Waals surface area contributed by atoms with Gasteiger partial charge in [0.2, 0.25) is 0 Å². The number of rotatable bonds is 3. The molecule has 1 fully saturated rings. The number of halogens is 1. The van der Waals surface area contributed by atoms with Gasteiger partial charge in [-0.1, -0.05) is 33.6 Å². The van der Waals surface area contributed by atoms with Crippen LogP contribution in [0.25, 0.3) is 11.2 Å². The average molecular weight is 309 g/mol. The standard InChI is InChI=1S/C16H25ClN4/c1-5-11-14-15(20(4)19-11)21(13(10-17)18-14)12-8-6-7-9-16(12,2)3/h12H,5-10H2,1-4H3. The van der Waals surface area contributed by atoms with Gasteiger partial charge in [0.15, 0.2) is 5.65 Å². The molecule has 116 valence electrons. The third-order valence-corrected chi connectivity index (χ3v) is 5.27. The van der Waals surface area contributed by atoms with Crippen molar-refractivity contribution >= 4 is 22.8 Å². The number of imidazole rings is 1. The maximum absolute atomic E-state index is 6.21. The molecule has 0 saturated heterocycles. The Kier molecular flexibility index (Phi) is 3.76. The summed E-state index contributed by atoms with van der Waals surface area (Å²) in [6.07, 6.45) is 5.98. The van der Waals surface area contributed by atoms with Crippen molar-refractivity contribution in [2.24, 2.45) is 12.5 Å². The molecule has 3 rings (SSSR count). The van der Waals surface area contributed by atoms with Crippen molar-refractivity contribution in [1.29, 1.82) is 0 Å². The Labute approximate surface area is 131 Å². The molecular weight excluding hydrogens is 284 g/mol. The van der Waals surface area contributed by atoms with E-state index >= 15 is 0 Å². The van der Waals surface area contributed by atoms with Crippen LogP contribution >= 0.6 is 11.6 Å². The molecule has 1 saturated carbocycles. The summed E-state index contributed by atoms with van der Waals surface area (Å²) < 4.78 is 4.37. The minimum absolute atomic E-state index is 0.281. The maximum Gasteiger partial charge on any atom is 0.158 e. The Hall–Kier alpha value is -1.03. The quantitative estimate of drug-likeness (QED) is 0.796. The molecule has 1 atom stereocenters. The van der Waals surface area contributed by atoms with Crippen LogP contribution in [0.3, 0.4) is 0 Å². The third-order valence-electron chi connectivity index (χ3n) is 5.03. The summed E-state index contributed by atoms with van der Waals surface area (Å²) >= 11 is 6.21. The van der Waals surface area contributed by atoms with Crippen LogP contribution in [0.5, 0.6) is 0 Å². The van der Waals surface area contributed by atoms with Crippen molar-refractivity contribution in [3.05, 3.63) is 11.5 Å². The zero-order valence-electron chi connectivity index (χ0n) is 13.5. The Morgan fingerprint density at radius 3 is 2.71 bits per heavy atom. The summed E-state index contributed by atoms with van der Waals surface area (Å²) in [7, 11) is 2.02. The Bertz CT molecular complexity index is 653. The normalized spacial score (nSPS) is 22.0. The van der Waals surface area contributed by atoms with E-state index in [-0.39, 0.29) is 5.41 Å². The van der Waals surface area contributed by atoms with E-state index in [1.165, 1.54) is 25.7 Å². The molecule has 21 heavy (non-hydrogen) atoms. The van der Waals surface area contributed by atoms with Crippen molar-refractivity contribution in [1.82, 2.24) is 19.3 Å². The predicted molar refractivity (Wildman–Crippen MR) is 86.7 cm³/mol. The van der Waals surface area contributed by atoms with Gasteiger partial charge >= 0.3 is 0 Å². The average Bonchev–Trinajstić information content (AvgIpc) is 2.96. The van der Waals surface area contributed by atoms with E-state index in [2.05, 4.69) is 30.4 Å². The van der Waals surface area contributed by atoms with Gasteiger partial charge < -0.3 is 4.57 Å². The first-order valence-corrected chi connectivity index (χ1v) is 8.51. The molecule has 0 radical (unpaired) electrons. The van der Waals surface area contributed by atoms with E-state index in [4.69, 9.17) is 16.6 Å². The van der Waals surface area contributed by atoms with Crippen LogP contribution in [-0.2, 0) is 19.3 Å². The second kappa shape index (κ2) is 5.31. The van der Waals surface area contributed by atoms with Crippen LogP contribution < -0.4 is 0 Å². The predicted octanol–water partition coefficient (Wildman–Crippen LogP) is 4.21. The Morgan fingerprint density at radius 2 is 2.10 bits per heavy atom. The zero-order valence-corrected chi connectivity index (χ0v) is 14.2. The molecule has 0 N–H and O–H groups in total. The molecule has 0 amide bonds. The van der Waals surface area contributed by atoms with Gasteiger partial charge in [-0.3, -0.25) is 4.68 Å². The molecule has 0 aromatic carbocycles. The van der Waals surface area contributed by atoms with Crippen LogP contribution in [0.15, 0.2) is 0 Å². The third kappa shape index (κ3) is 2.28. The van der Waals surface area contributed by atoms with Gasteiger partial charge in [-0.15, -0.1) is 11.6 Å². The molecule has 1 aliphatic rings. The number of fused-ring (bicyclic) bond motifs is 1. The molecule has 2 aromatic rings. The van der Waals surface area contributed by atoms with Crippen LogP contribution in [0.1, 0.15) is 64.0 Å². The van der Waals surface area contributed by atoms with E-state index in [1.54, 1.807) is 0 Å². The molecule has 2 heterocycles. The summed E-state index contributed by atoms with van der Waals surface area (Å²) in [5, 5.41) is 4.64. The molecule has 0 aliphatic heterocycles. The van der Waals surface area contributed by atoms with Gasteiger partial charge in [0.1, 0.15) is 11.3 Å². The highest BCUT2D eigenvalue weighted by Crippen LogP contribution is 2.45. The second-order valence-corrected chi connectivity index (χ2v) is 7.15. The largest absolute Gasteiger partial charge is 0.308 e. The van der Waals surface area contributed by atoms with Crippen LogP contribution in [0.2, 0.25) is 0 Å². The summed E-state index contributed by atoms with van der Waals surface area (Å²) in [4.78, 5) is 4.81. The zero-order chi connectivity index (χ0) is 15.2. The van der Waals surface area contributed by atoms with Crippen LogP contribution in [0.4, 0.5) is 0 Å². The molecule has 1 unspecified atom stereocenters. The molecule has 4 nitrogen and oxygen atoms in total. The summed E-state index contributed by atoms with van der Waals surface area (Å²) in [6, 6.07) is 0.463. The van der Waals surface area contributed by atoms with Gasteiger partial charge in [0.25, 0.3) is 0 Å². The lowest BCUT2D eigenvalue weighted by atomic mass is 9.73. The lowest BCUT2D eigenvalue weighted by molar-refractivity contribution is 0.144. The van der Waals surface area contributed by atoms with Crippen molar-refractivity contribution in [3.8, 4) is 0 Å². The van der Waals surface area contributed by atoms with Crippen molar-refractivity contribution in [2.45, 2.75) is 64.8 Å². The first-order chi connectivity index (χ1) is 9.99. The summed E-state index contributed by atoms with van der Waals surface area (Å²) in [5.74, 6) is 1.46. The number of nitrogens with zero attached hydrogens (tertiary/aromatic N) is 4. The fraction of sp³-hybridized carbons (Fsp3) is 0.750. The smallest absolute Gasteiger partial charge is 0.158 e. The van der Waals surface area contributed by atoms with Gasteiger partial charge in [0.05, 0.1) is 11.6 Å². The van der Waals surface area contributed by atoms with Gasteiger partial charge in [-0.25, -0.2) is 4.98 Å². The number of alkyl halides is 1. The first-order valence-electron chi connectivity index (χ1n) is 7.98. The van der Waals surface area contributed by atoms with Gasteiger partial charge in [0, 0.05) is 13.1 Å². The maximum atomic E-state index is 6.21. The van der Waals surface area contributed by atoms with Gasteiger partial charge in [-0.05, 0) is 24.7 Å². The molecule has 0 spiro atoms. The molecule has 1 aliphatic carbocycles. The van der Waals surface area contributed by atoms with Gasteiger partial charge in [-0.2, -0.15) is 5.10 Å². The molecule has 0 bridgehead atoms. The summed E-state index contributed by atoms with van der Waals surface area (Å²) in [5.41, 5.74) is 3.54. The minimum Gasteiger partial charge on any atom is -0.308 e. The van der Waals surface area contributed by atoms with E-state index in [1.807, 2.05) is 11.7 Å². The molecule has 2 aromatic heterocycles. The highest BCUT2D eigenvalue weighted by Gasteiger charge is 2.36. The highest BCUT2D eigenvalue weighted by molar-refractivity contribution is 6.16. The monoisotopic (exact) mass is 308 g/mol. The molecule has 5 heteroatoms. The van der Waals surface area contributed by atoms with Crippen molar-refractivity contribution in [3.63, 3.8) is 0 Å². The minimum atomic E-state index is 0.281. The Balaban J connectivity index is 2.22. The van der Waals surface area contributed by atoms with E-state index < -0.39 is 0 Å². The topological polar surface area (TPSA) is 35.6 Å². The number of hydrogen-bond donors (Lipinski definition) is 0. The molecular formula is C16H25ClN4. The lowest BCUT2D eigenvalue weighted by Crippen LogP contribution is -2.31. The van der Waals surface area contributed by atoms with Crippen molar-refractivity contribution < 1.29 is 0 Å². The second-order valence-electron chi connectivity index (χ2n) is 6.88. The van der Waals surface area contributed by atoms with Crippen molar-refractivity contribution in [2.75, 3.05) is 0 Å².